The summed E-state index contributed by atoms with van der Waals surface area (Å²) in [6, 6.07) is 0. The molecule has 1 heterocycles. The van der Waals surface area contributed by atoms with E-state index in [1.165, 1.54) is 25.7 Å². The predicted octanol–water partition coefficient (Wildman–Crippen LogP) is 5.90. The molecule has 0 amide bonds. The molecule has 1 aliphatic heterocycles. The van der Waals surface area contributed by atoms with E-state index in [0.29, 0.717) is 5.78 Å². The van der Waals surface area contributed by atoms with Gasteiger partial charge in [-0.05, 0) is 25.7 Å². The zero-order valence-corrected chi connectivity index (χ0v) is 14.7. The number of ketones is 1. The largest absolute Gasteiger partial charge is 0.348 e. The first-order valence-corrected chi connectivity index (χ1v) is 9.10. The van der Waals surface area contributed by atoms with Gasteiger partial charge in [0.2, 0.25) is 0 Å². The minimum absolute atomic E-state index is 0. The Labute approximate surface area is 139 Å². The van der Waals surface area contributed by atoms with E-state index in [9.17, 15) is 4.79 Å². The van der Waals surface area contributed by atoms with E-state index in [4.69, 9.17) is 9.47 Å². The Hall–Kier alpha value is -0.410. The van der Waals surface area contributed by atoms with Crippen molar-refractivity contribution in [3.8, 4) is 0 Å². The molecular weight excluding hydrogens is 276 g/mol. The lowest BCUT2D eigenvalue weighted by molar-refractivity contribution is -0.176. The third-order valence-electron chi connectivity index (χ3n) is 3.84. The van der Waals surface area contributed by atoms with Crippen LogP contribution in [0.5, 0.6) is 0 Å². The Balaban J connectivity index is 0. The Bertz CT molecular complexity index is 229. The molecule has 3 rings (SSSR count). The fourth-order valence-corrected chi connectivity index (χ4v) is 2.82. The molecule has 3 fully saturated rings. The van der Waals surface area contributed by atoms with Gasteiger partial charge in [-0.15, -0.1) is 0 Å². The van der Waals surface area contributed by atoms with E-state index >= 15 is 0 Å². The molecule has 1 saturated heterocycles. The van der Waals surface area contributed by atoms with Crippen LogP contribution in [0.4, 0.5) is 0 Å². The number of ether oxygens (including phenoxy) is 2. The van der Waals surface area contributed by atoms with Crippen LogP contribution in [0.2, 0.25) is 0 Å². The number of hydrogen-bond acceptors (Lipinski definition) is 3. The van der Waals surface area contributed by atoms with Crippen LogP contribution in [-0.2, 0) is 14.3 Å². The second-order valence-electron chi connectivity index (χ2n) is 5.27. The first-order valence-electron chi connectivity index (χ1n) is 9.10. The van der Waals surface area contributed by atoms with Crippen LogP contribution >= 0.6 is 0 Å². The van der Waals surface area contributed by atoms with Crippen LogP contribution in [0, 0.1) is 0 Å². The molecular formula is C19H40O3. The number of hydrogen-bond donors (Lipinski definition) is 0. The first kappa shape index (κ1) is 23.9. The average molecular weight is 317 g/mol. The van der Waals surface area contributed by atoms with E-state index < -0.39 is 0 Å². The van der Waals surface area contributed by atoms with Gasteiger partial charge >= 0.3 is 0 Å². The van der Waals surface area contributed by atoms with Crippen molar-refractivity contribution < 1.29 is 14.3 Å². The Kier molecular flexibility index (Phi) is 16.8. The maximum Gasteiger partial charge on any atom is 0.168 e. The van der Waals surface area contributed by atoms with Crippen LogP contribution in [0.3, 0.4) is 0 Å². The van der Waals surface area contributed by atoms with Gasteiger partial charge in [-0.25, -0.2) is 0 Å². The van der Waals surface area contributed by atoms with Crippen molar-refractivity contribution in [3.05, 3.63) is 0 Å². The quantitative estimate of drug-likeness (QED) is 0.558. The summed E-state index contributed by atoms with van der Waals surface area (Å²) < 4.78 is 11.1. The smallest absolute Gasteiger partial charge is 0.168 e. The summed E-state index contributed by atoms with van der Waals surface area (Å²) in [4.78, 5) is 10.5. The van der Waals surface area contributed by atoms with E-state index in [1.54, 1.807) is 0 Å². The number of carbonyl (C=O) groups excluding carboxylic acids is 1. The van der Waals surface area contributed by atoms with Crippen molar-refractivity contribution in [1.29, 1.82) is 0 Å². The van der Waals surface area contributed by atoms with Crippen molar-refractivity contribution in [2.45, 2.75) is 105 Å². The van der Waals surface area contributed by atoms with Gasteiger partial charge in [0.05, 0.1) is 13.2 Å². The highest BCUT2D eigenvalue weighted by atomic mass is 16.7. The summed E-state index contributed by atoms with van der Waals surface area (Å²) in [5.74, 6) is 0.337. The molecule has 3 aliphatic rings. The number of Topliss-reactive ketones (excluding diaryl/α,β-unsaturated/α-hetero) is 1. The first-order chi connectivity index (χ1) is 10.3. The minimum Gasteiger partial charge on any atom is -0.348 e. The van der Waals surface area contributed by atoms with Gasteiger partial charge in [-0.2, -0.15) is 0 Å². The van der Waals surface area contributed by atoms with Gasteiger partial charge < -0.3 is 9.47 Å². The highest BCUT2D eigenvalue weighted by Crippen LogP contribution is 2.35. The van der Waals surface area contributed by atoms with Gasteiger partial charge in [0.25, 0.3) is 0 Å². The molecule has 0 unspecified atom stereocenters. The molecule has 0 aromatic carbocycles. The van der Waals surface area contributed by atoms with Crippen molar-refractivity contribution in [2.75, 3.05) is 13.2 Å². The van der Waals surface area contributed by atoms with Gasteiger partial charge in [0.1, 0.15) is 5.78 Å². The Morgan fingerprint density at radius 1 is 0.727 bits per heavy atom. The second-order valence-corrected chi connectivity index (χ2v) is 5.27. The minimum atomic E-state index is -0.127. The SMILES string of the molecule is C.C1CCC2(CC1)OCCO2.CC.CC.O=C1CCCCC1. The van der Waals surface area contributed by atoms with Gasteiger partial charge in [0, 0.05) is 25.7 Å². The van der Waals surface area contributed by atoms with Crippen molar-refractivity contribution in [3.63, 3.8) is 0 Å². The molecule has 2 saturated carbocycles. The summed E-state index contributed by atoms with van der Waals surface area (Å²) in [6.07, 6.45) is 11.4. The molecule has 0 atom stereocenters. The number of rotatable bonds is 0. The topological polar surface area (TPSA) is 35.5 Å². The fraction of sp³-hybridized carbons (Fsp3) is 0.947. The molecule has 0 aromatic rings. The fourth-order valence-electron chi connectivity index (χ4n) is 2.82. The van der Waals surface area contributed by atoms with Crippen LogP contribution < -0.4 is 0 Å². The molecule has 22 heavy (non-hydrogen) atoms. The van der Waals surface area contributed by atoms with E-state index in [1.807, 2.05) is 27.7 Å². The summed E-state index contributed by atoms with van der Waals surface area (Å²) in [5, 5.41) is 0. The molecule has 0 bridgehead atoms. The second kappa shape index (κ2) is 15.5. The van der Waals surface area contributed by atoms with Crippen molar-refractivity contribution in [2.24, 2.45) is 0 Å². The molecule has 1 spiro atoms. The standard InChI is InChI=1S/C8H14O2.C6H10O.2C2H6.CH4/c1-2-4-8(5-3-1)9-6-7-10-8;7-6-4-2-1-3-5-6;2*1-2;/h1-7H2;1-5H2;2*1-2H3;1H4. The van der Waals surface area contributed by atoms with Crippen molar-refractivity contribution >= 4 is 5.78 Å². The molecule has 3 nitrogen and oxygen atoms in total. The van der Waals surface area contributed by atoms with E-state index in [0.717, 1.165) is 51.7 Å². The van der Waals surface area contributed by atoms with Crippen LogP contribution in [-0.4, -0.2) is 24.8 Å². The maximum atomic E-state index is 10.5. The number of carbonyl (C=O) groups is 1. The van der Waals surface area contributed by atoms with Gasteiger partial charge in [-0.3, -0.25) is 4.79 Å². The van der Waals surface area contributed by atoms with E-state index in [-0.39, 0.29) is 13.2 Å². The van der Waals surface area contributed by atoms with Gasteiger partial charge in [-0.1, -0.05) is 48.0 Å². The van der Waals surface area contributed by atoms with Crippen LogP contribution in [0.15, 0.2) is 0 Å². The lowest BCUT2D eigenvalue weighted by atomic mass is 9.94. The maximum absolute atomic E-state index is 10.5. The summed E-state index contributed by atoms with van der Waals surface area (Å²) >= 11 is 0. The lowest BCUT2D eigenvalue weighted by Crippen LogP contribution is -2.32. The molecule has 3 heteroatoms. The van der Waals surface area contributed by atoms with Crippen molar-refractivity contribution in [1.82, 2.24) is 0 Å². The summed E-state index contributed by atoms with van der Waals surface area (Å²) in [5.41, 5.74) is 0. The zero-order valence-electron chi connectivity index (χ0n) is 14.7. The highest BCUT2D eigenvalue weighted by molar-refractivity contribution is 5.78. The molecule has 0 radical (unpaired) electrons. The summed E-state index contributed by atoms with van der Waals surface area (Å²) in [7, 11) is 0. The molecule has 0 aromatic heterocycles. The third kappa shape index (κ3) is 9.58. The van der Waals surface area contributed by atoms with Crippen LogP contribution in [0.1, 0.15) is 99.3 Å². The highest BCUT2D eigenvalue weighted by Gasteiger charge is 2.37. The Morgan fingerprint density at radius 3 is 1.50 bits per heavy atom. The van der Waals surface area contributed by atoms with Crippen LogP contribution in [0.25, 0.3) is 0 Å². The average Bonchev–Trinajstić information content (AvgIpc) is 3.01. The zero-order chi connectivity index (χ0) is 16.0. The summed E-state index contributed by atoms with van der Waals surface area (Å²) in [6.45, 7) is 9.61. The molecule has 0 N–H and O–H groups in total. The Morgan fingerprint density at radius 2 is 1.14 bits per heavy atom. The molecule has 2 aliphatic carbocycles. The molecule has 134 valence electrons. The normalized spacial score (nSPS) is 21.9. The lowest BCUT2D eigenvalue weighted by Gasteiger charge is -2.30. The monoisotopic (exact) mass is 316 g/mol. The predicted molar refractivity (Wildman–Crippen MR) is 95.2 cm³/mol. The third-order valence-corrected chi connectivity index (χ3v) is 3.84. The van der Waals surface area contributed by atoms with Gasteiger partial charge in [0.15, 0.2) is 5.79 Å². The van der Waals surface area contributed by atoms with E-state index in [2.05, 4.69) is 0 Å².